The van der Waals surface area contributed by atoms with E-state index in [0.29, 0.717) is 0 Å². The summed E-state index contributed by atoms with van der Waals surface area (Å²) >= 11 is -1.01. The van der Waals surface area contributed by atoms with Crippen molar-refractivity contribution >= 4 is 11.4 Å². The van der Waals surface area contributed by atoms with Gasteiger partial charge in [-0.15, -0.1) is 4.72 Å². The van der Waals surface area contributed by atoms with E-state index < -0.39 is 11.4 Å². The zero-order valence-corrected chi connectivity index (χ0v) is 5.83. The minimum Gasteiger partial charge on any atom is -0.593 e. The lowest BCUT2D eigenvalue weighted by Gasteiger charge is -2.02. The highest BCUT2D eigenvalue weighted by Crippen LogP contribution is 1.82. The van der Waals surface area contributed by atoms with E-state index in [4.69, 9.17) is 0 Å². The summed E-state index contributed by atoms with van der Waals surface area (Å²) in [6.45, 7) is 6.16. The minimum atomic E-state index is -1.01. The summed E-state index contributed by atoms with van der Waals surface area (Å²) in [5.74, 6) is 0. The van der Waals surface area contributed by atoms with Crippen molar-refractivity contribution in [2.45, 2.75) is 13.3 Å². The highest BCUT2D eigenvalue weighted by Gasteiger charge is 1.93. The number of nitrogens with one attached hydrogen (secondary N) is 1. The van der Waals surface area contributed by atoms with Crippen LogP contribution in [0.3, 0.4) is 0 Å². The van der Waals surface area contributed by atoms with Crippen LogP contribution in [0, 0.1) is 0 Å². The van der Waals surface area contributed by atoms with Crippen molar-refractivity contribution in [3.8, 4) is 0 Å². The Morgan fingerprint density at radius 3 is 2.88 bits per heavy atom. The molecule has 0 radical (unpaired) electrons. The smallest absolute Gasteiger partial charge is 0.131 e. The first-order chi connectivity index (χ1) is 3.81. The molecule has 3 heteroatoms. The van der Waals surface area contributed by atoms with Crippen LogP contribution in [-0.4, -0.2) is 11.1 Å². The Kier molecular flexibility index (Phi) is 5.16. The molecule has 0 aromatic rings. The van der Waals surface area contributed by atoms with Crippen LogP contribution in [0.1, 0.15) is 13.3 Å². The summed E-state index contributed by atoms with van der Waals surface area (Å²) in [4.78, 5) is 0. The molecule has 0 aromatic carbocycles. The van der Waals surface area contributed by atoms with E-state index in [9.17, 15) is 4.55 Å². The first-order valence-corrected chi connectivity index (χ1v) is 3.79. The van der Waals surface area contributed by atoms with Crippen molar-refractivity contribution < 1.29 is 4.55 Å². The van der Waals surface area contributed by atoms with Gasteiger partial charge in [-0.25, -0.2) is 0 Å². The molecule has 0 saturated carbocycles. The highest BCUT2D eigenvalue weighted by atomic mass is 32.2. The second-order valence-electron chi connectivity index (χ2n) is 1.36. The van der Waals surface area contributed by atoms with Gasteiger partial charge >= 0.3 is 0 Å². The Morgan fingerprint density at radius 1 is 1.88 bits per heavy atom. The fourth-order valence-corrected chi connectivity index (χ4v) is 0.785. The van der Waals surface area contributed by atoms with Crippen molar-refractivity contribution in [1.29, 1.82) is 0 Å². The average Bonchev–Trinajstić information content (AvgIpc) is 1.83. The van der Waals surface area contributed by atoms with Crippen LogP contribution in [0.25, 0.3) is 0 Å². The SMILES string of the molecule is C=C[S@+]([O-])NCCC. The van der Waals surface area contributed by atoms with Gasteiger partial charge in [-0.1, -0.05) is 6.92 Å². The Hall–Kier alpha value is 0.01000. The Bertz CT molecular complexity index is 67.4. The molecule has 0 heterocycles. The van der Waals surface area contributed by atoms with Gasteiger partial charge in [0.25, 0.3) is 0 Å². The molecule has 0 aromatic heterocycles. The van der Waals surface area contributed by atoms with E-state index in [1.165, 1.54) is 5.41 Å². The van der Waals surface area contributed by atoms with Gasteiger partial charge in [0, 0.05) is 6.54 Å². The molecule has 2 nitrogen and oxygen atoms in total. The molecule has 0 spiro atoms. The quantitative estimate of drug-likeness (QED) is 0.575. The summed E-state index contributed by atoms with van der Waals surface area (Å²) in [5.41, 5.74) is 0. The molecule has 0 saturated heterocycles. The zero-order chi connectivity index (χ0) is 6.41. The van der Waals surface area contributed by atoms with Crippen LogP contribution < -0.4 is 4.72 Å². The number of hydrogen-bond donors (Lipinski definition) is 1. The molecule has 0 unspecified atom stereocenters. The molecule has 1 N–H and O–H groups in total. The standard InChI is InChI=1S/C5H11NOS/c1-3-5-6-8(7)4-2/h4,6H,2-3,5H2,1H3/t8-/m0/s1. The van der Waals surface area contributed by atoms with Crippen molar-refractivity contribution in [2.75, 3.05) is 6.54 Å². The summed E-state index contributed by atoms with van der Waals surface area (Å²) in [7, 11) is 0. The molecule has 0 rings (SSSR count). The molecule has 0 aliphatic carbocycles. The van der Waals surface area contributed by atoms with E-state index in [-0.39, 0.29) is 0 Å². The van der Waals surface area contributed by atoms with Gasteiger partial charge < -0.3 is 4.55 Å². The van der Waals surface area contributed by atoms with Crippen molar-refractivity contribution in [2.24, 2.45) is 0 Å². The van der Waals surface area contributed by atoms with Gasteiger partial charge in [0.1, 0.15) is 5.41 Å². The van der Waals surface area contributed by atoms with Gasteiger partial charge in [0.15, 0.2) is 0 Å². The molecule has 0 fully saturated rings. The predicted octanol–water partition coefficient (Wildman–Crippen LogP) is 0.793. The van der Waals surface area contributed by atoms with Gasteiger partial charge in [0.2, 0.25) is 0 Å². The van der Waals surface area contributed by atoms with E-state index in [0.717, 1.165) is 13.0 Å². The molecule has 48 valence electrons. The van der Waals surface area contributed by atoms with E-state index in [2.05, 4.69) is 11.3 Å². The van der Waals surface area contributed by atoms with Crippen LogP contribution in [-0.2, 0) is 11.4 Å². The van der Waals surface area contributed by atoms with Gasteiger partial charge in [0.05, 0.1) is 11.4 Å². The molecular formula is C5H11NOS. The average molecular weight is 133 g/mol. The molecule has 0 aliphatic heterocycles. The lowest BCUT2D eigenvalue weighted by Crippen LogP contribution is -2.21. The van der Waals surface area contributed by atoms with Crippen LogP contribution in [0.4, 0.5) is 0 Å². The maximum Gasteiger partial charge on any atom is 0.131 e. The fourth-order valence-electron chi connectivity index (χ4n) is 0.262. The van der Waals surface area contributed by atoms with Crippen LogP contribution in [0.15, 0.2) is 12.0 Å². The lowest BCUT2D eigenvalue weighted by molar-refractivity contribution is 0.589. The Labute approximate surface area is 53.3 Å². The van der Waals surface area contributed by atoms with Crippen molar-refractivity contribution in [1.82, 2.24) is 4.72 Å². The second kappa shape index (κ2) is 5.15. The van der Waals surface area contributed by atoms with Crippen LogP contribution >= 0.6 is 0 Å². The minimum absolute atomic E-state index is 0.790. The Balaban J connectivity index is 2.98. The van der Waals surface area contributed by atoms with Crippen molar-refractivity contribution in [3.05, 3.63) is 12.0 Å². The number of hydrogen-bond acceptors (Lipinski definition) is 2. The number of rotatable bonds is 4. The second-order valence-corrected chi connectivity index (χ2v) is 2.58. The lowest BCUT2D eigenvalue weighted by atomic mass is 10.5. The van der Waals surface area contributed by atoms with E-state index in [1.807, 2.05) is 6.92 Å². The maximum absolute atomic E-state index is 10.5. The zero-order valence-electron chi connectivity index (χ0n) is 5.02. The molecular weight excluding hydrogens is 122 g/mol. The molecule has 8 heavy (non-hydrogen) atoms. The van der Waals surface area contributed by atoms with Gasteiger partial charge in [-0.05, 0) is 13.0 Å². The monoisotopic (exact) mass is 133 g/mol. The first-order valence-electron chi connectivity index (χ1n) is 2.58. The van der Waals surface area contributed by atoms with Crippen LogP contribution in [0.5, 0.6) is 0 Å². The molecule has 1 atom stereocenters. The Morgan fingerprint density at radius 2 is 2.50 bits per heavy atom. The fraction of sp³-hybridized carbons (Fsp3) is 0.600. The summed E-state index contributed by atoms with van der Waals surface area (Å²) < 4.78 is 13.2. The van der Waals surface area contributed by atoms with Crippen molar-refractivity contribution in [3.63, 3.8) is 0 Å². The maximum atomic E-state index is 10.5. The summed E-state index contributed by atoms with van der Waals surface area (Å²) in [6.07, 6.45) is 1.000. The third kappa shape index (κ3) is 4.18. The third-order valence-electron chi connectivity index (χ3n) is 0.646. The van der Waals surface area contributed by atoms with Crippen LogP contribution in [0.2, 0.25) is 0 Å². The topological polar surface area (TPSA) is 35.1 Å². The summed E-state index contributed by atoms with van der Waals surface area (Å²) in [6, 6.07) is 0. The van der Waals surface area contributed by atoms with Gasteiger partial charge in [-0.3, -0.25) is 0 Å². The molecule has 0 amide bonds. The molecule has 0 aliphatic rings. The summed E-state index contributed by atoms with van der Waals surface area (Å²) in [5, 5.41) is 1.38. The first kappa shape index (κ1) is 8.01. The van der Waals surface area contributed by atoms with E-state index >= 15 is 0 Å². The molecule has 0 bridgehead atoms. The van der Waals surface area contributed by atoms with Gasteiger partial charge in [-0.2, -0.15) is 0 Å². The van der Waals surface area contributed by atoms with E-state index in [1.54, 1.807) is 0 Å². The largest absolute Gasteiger partial charge is 0.593 e. The third-order valence-corrected chi connectivity index (χ3v) is 1.44. The normalized spacial score (nSPS) is 13.2. The predicted molar refractivity (Wildman–Crippen MR) is 36.6 cm³/mol. The highest BCUT2D eigenvalue weighted by molar-refractivity contribution is 7.92.